The number of thiol groups is 1. The first-order valence-corrected chi connectivity index (χ1v) is 10.9. The lowest BCUT2D eigenvalue weighted by Crippen LogP contribution is -2.39. The summed E-state index contributed by atoms with van der Waals surface area (Å²) in [4.78, 5) is 18.8. The fourth-order valence-corrected chi connectivity index (χ4v) is 3.92. The van der Waals surface area contributed by atoms with Crippen molar-refractivity contribution in [3.63, 3.8) is 0 Å². The predicted molar refractivity (Wildman–Crippen MR) is 126 cm³/mol. The standard InChI is InChI=1S/C22H27N7OS/c1-23-13-28(2)22(31)16-9-10-24-19(12-16)21(30)26-17-6-3-5-15(11-17)20-27-25-14-29(20)18-7-4-8-18/h3,5-6,9-14,18-19,22,24,31H,4,7-8H2,1-2H3,(H,26,30). The van der Waals surface area contributed by atoms with E-state index in [9.17, 15) is 4.79 Å². The quantitative estimate of drug-likeness (QED) is 0.268. The minimum atomic E-state index is -0.496. The van der Waals surface area contributed by atoms with Crippen LogP contribution in [0.25, 0.3) is 11.4 Å². The molecule has 162 valence electrons. The van der Waals surface area contributed by atoms with Crippen LogP contribution >= 0.6 is 12.6 Å². The Kier molecular flexibility index (Phi) is 6.41. The smallest absolute Gasteiger partial charge is 0.250 e. The number of nitrogens with zero attached hydrogens (tertiary/aromatic N) is 5. The van der Waals surface area contributed by atoms with Crippen molar-refractivity contribution in [3.8, 4) is 11.4 Å². The van der Waals surface area contributed by atoms with Crippen molar-refractivity contribution in [2.45, 2.75) is 36.7 Å². The summed E-state index contributed by atoms with van der Waals surface area (Å²) in [6, 6.07) is 7.70. The van der Waals surface area contributed by atoms with E-state index in [0.717, 1.165) is 35.5 Å². The summed E-state index contributed by atoms with van der Waals surface area (Å²) >= 11 is 4.64. The van der Waals surface area contributed by atoms with Gasteiger partial charge < -0.3 is 20.1 Å². The number of nitrogens with one attached hydrogen (secondary N) is 2. The highest BCUT2D eigenvalue weighted by Gasteiger charge is 2.24. The third-order valence-electron chi connectivity index (χ3n) is 5.60. The van der Waals surface area contributed by atoms with Crippen LogP contribution in [-0.2, 0) is 4.79 Å². The molecule has 2 aliphatic rings. The molecule has 0 bridgehead atoms. The lowest BCUT2D eigenvalue weighted by Gasteiger charge is -2.27. The number of aromatic nitrogens is 3. The maximum atomic E-state index is 12.9. The molecule has 1 aromatic heterocycles. The molecule has 2 atom stereocenters. The van der Waals surface area contributed by atoms with Crippen molar-refractivity contribution in [3.05, 3.63) is 54.5 Å². The van der Waals surface area contributed by atoms with E-state index in [2.05, 4.69) is 43.0 Å². The summed E-state index contributed by atoms with van der Waals surface area (Å²) < 4.78 is 2.13. The monoisotopic (exact) mass is 437 g/mol. The van der Waals surface area contributed by atoms with Crippen LogP contribution in [0.5, 0.6) is 0 Å². The van der Waals surface area contributed by atoms with Crippen LogP contribution in [0, 0.1) is 0 Å². The number of amides is 1. The van der Waals surface area contributed by atoms with Crippen LogP contribution in [0.3, 0.4) is 0 Å². The van der Waals surface area contributed by atoms with Gasteiger partial charge >= 0.3 is 0 Å². The fourth-order valence-electron chi connectivity index (χ4n) is 3.69. The number of likely N-dealkylation sites (N-methyl/N-ethyl adjacent to an activating group) is 1. The summed E-state index contributed by atoms with van der Waals surface area (Å²) in [7, 11) is 3.60. The highest BCUT2D eigenvalue weighted by Crippen LogP contribution is 2.34. The minimum absolute atomic E-state index is 0.146. The van der Waals surface area contributed by atoms with Crippen molar-refractivity contribution in [2.24, 2.45) is 4.99 Å². The number of rotatable bonds is 7. The van der Waals surface area contributed by atoms with Crippen molar-refractivity contribution in [2.75, 3.05) is 19.4 Å². The third kappa shape index (κ3) is 4.66. The first kappa shape index (κ1) is 21.2. The highest BCUT2D eigenvalue weighted by molar-refractivity contribution is 7.81. The van der Waals surface area contributed by atoms with Crippen molar-refractivity contribution in [1.29, 1.82) is 0 Å². The largest absolute Gasteiger partial charge is 0.377 e. The zero-order valence-electron chi connectivity index (χ0n) is 17.6. The lowest BCUT2D eigenvalue weighted by molar-refractivity contribution is -0.116. The van der Waals surface area contributed by atoms with Gasteiger partial charge in [0.2, 0.25) is 0 Å². The van der Waals surface area contributed by atoms with E-state index in [4.69, 9.17) is 0 Å². The van der Waals surface area contributed by atoms with Gasteiger partial charge in [0.25, 0.3) is 5.91 Å². The second kappa shape index (κ2) is 9.38. The Labute approximate surface area is 187 Å². The molecule has 1 saturated carbocycles. The lowest BCUT2D eigenvalue weighted by atomic mass is 9.92. The Hall–Kier alpha value is -3.07. The van der Waals surface area contributed by atoms with Gasteiger partial charge in [-0.1, -0.05) is 12.1 Å². The zero-order chi connectivity index (χ0) is 21.8. The van der Waals surface area contributed by atoms with E-state index < -0.39 is 6.04 Å². The molecule has 1 amide bonds. The molecule has 0 radical (unpaired) electrons. The molecule has 2 aromatic rings. The van der Waals surface area contributed by atoms with Gasteiger partial charge in [-0.15, -0.1) is 22.8 Å². The molecule has 1 aliphatic heterocycles. The van der Waals surface area contributed by atoms with Crippen LogP contribution < -0.4 is 10.6 Å². The van der Waals surface area contributed by atoms with Gasteiger partial charge in [-0.05, 0) is 55.3 Å². The maximum absolute atomic E-state index is 12.9. The first-order chi connectivity index (χ1) is 15.1. The number of carbonyl (C=O) groups excluding carboxylic acids is 1. The van der Waals surface area contributed by atoms with Crippen LogP contribution in [0.1, 0.15) is 25.3 Å². The van der Waals surface area contributed by atoms with Crippen molar-refractivity contribution < 1.29 is 4.79 Å². The normalized spacial score (nSPS) is 19.5. The number of dihydropyridines is 1. The van der Waals surface area contributed by atoms with Crippen molar-refractivity contribution in [1.82, 2.24) is 25.0 Å². The van der Waals surface area contributed by atoms with Gasteiger partial charge in [-0.2, -0.15) is 0 Å². The van der Waals surface area contributed by atoms with Crippen molar-refractivity contribution >= 4 is 30.6 Å². The summed E-state index contributed by atoms with van der Waals surface area (Å²) in [5.74, 6) is 0.687. The van der Waals surface area contributed by atoms with E-state index in [-0.39, 0.29) is 11.3 Å². The number of anilines is 1. The van der Waals surface area contributed by atoms with Crippen LogP contribution in [0.2, 0.25) is 0 Å². The summed E-state index contributed by atoms with van der Waals surface area (Å²) in [5, 5.41) is 14.3. The van der Waals surface area contributed by atoms with Crippen LogP contribution in [0.4, 0.5) is 5.69 Å². The molecule has 9 heteroatoms. The van der Waals surface area contributed by atoms with Gasteiger partial charge in [0.05, 0.1) is 11.7 Å². The second-order valence-corrected chi connectivity index (χ2v) is 8.26. The predicted octanol–water partition coefficient (Wildman–Crippen LogP) is 2.87. The number of carbonyl (C=O) groups is 1. The summed E-state index contributed by atoms with van der Waals surface area (Å²) in [5.41, 5.74) is 2.58. The Morgan fingerprint density at radius 1 is 1.45 bits per heavy atom. The van der Waals surface area contributed by atoms with Gasteiger partial charge in [0, 0.05) is 31.4 Å². The SMILES string of the molecule is CN=CN(C)C(S)C1=CC(C(=O)Nc2cccc(-c3nncn3C3CCC3)c2)NC=C1. The number of hydrogen-bond donors (Lipinski definition) is 3. The first-order valence-electron chi connectivity index (χ1n) is 10.3. The molecule has 31 heavy (non-hydrogen) atoms. The molecular weight excluding hydrogens is 410 g/mol. The molecule has 1 aromatic carbocycles. The summed E-state index contributed by atoms with van der Waals surface area (Å²) in [6.45, 7) is 0. The van der Waals surface area contributed by atoms with Gasteiger partial charge in [0.15, 0.2) is 5.82 Å². The average Bonchev–Trinajstić information content (AvgIpc) is 3.21. The molecule has 8 nitrogen and oxygen atoms in total. The molecule has 2 unspecified atom stereocenters. The summed E-state index contributed by atoms with van der Waals surface area (Å²) in [6.07, 6.45) is 12.6. The van der Waals surface area contributed by atoms with Gasteiger partial charge in [-0.25, -0.2) is 0 Å². The fraction of sp³-hybridized carbons (Fsp3) is 0.364. The maximum Gasteiger partial charge on any atom is 0.250 e. The van der Waals surface area contributed by atoms with Gasteiger partial charge in [0.1, 0.15) is 12.4 Å². The van der Waals surface area contributed by atoms with E-state index in [1.165, 1.54) is 6.42 Å². The van der Waals surface area contributed by atoms with Gasteiger partial charge in [-0.3, -0.25) is 9.79 Å². The molecule has 1 fully saturated rings. The molecule has 2 heterocycles. The Morgan fingerprint density at radius 2 is 2.29 bits per heavy atom. The van der Waals surface area contributed by atoms with Crippen LogP contribution in [-0.4, -0.2) is 57.4 Å². The molecule has 4 rings (SSSR count). The highest BCUT2D eigenvalue weighted by atomic mass is 32.1. The number of aliphatic imine (C=N–C) groups is 1. The van der Waals surface area contributed by atoms with Crippen LogP contribution in [0.15, 0.2) is 59.5 Å². The third-order valence-corrected chi connectivity index (χ3v) is 6.27. The van der Waals surface area contributed by atoms with E-state index in [0.29, 0.717) is 6.04 Å². The molecular formula is C22H27N7OS. The minimum Gasteiger partial charge on any atom is -0.377 e. The Bertz CT molecular complexity index is 1020. The molecule has 0 saturated heterocycles. The zero-order valence-corrected chi connectivity index (χ0v) is 18.5. The topological polar surface area (TPSA) is 87.4 Å². The van der Waals surface area contributed by atoms with E-state index in [1.807, 2.05) is 48.4 Å². The molecule has 0 spiro atoms. The second-order valence-electron chi connectivity index (χ2n) is 7.77. The van der Waals surface area contributed by atoms with E-state index in [1.54, 1.807) is 25.9 Å². The molecule has 2 N–H and O–H groups in total. The average molecular weight is 438 g/mol. The Morgan fingerprint density at radius 3 is 3.03 bits per heavy atom. The number of benzene rings is 1. The number of hydrogen-bond acceptors (Lipinski definition) is 6. The Balaban J connectivity index is 1.47. The van der Waals surface area contributed by atoms with E-state index >= 15 is 0 Å². The molecule has 1 aliphatic carbocycles.